The van der Waals surface area contributed by atoms with Crippen LogP contribution in [0, 0.1) is 6.92 Å². The molecule has 10 heteroatoms. The Labute approximate surface area is 191 Å². The first kappa shape index (κ1) is 28.6. The lowest BCUT2D eigenvalue weighted by Crippen LogP contribution is -2.60. The first-order valence-corrected chi connectivity index (χ1v) is 12.4. The Balaban J connectivity index is 2.18. The fourth-order valence-corrected chi connectivity index (χ4v) is 3.92. The summed E-state index contributed by atoms with van der Waals surface area (Å²) in [6.45, 7) is 2.70. The predicted octanol–water partition coefficient (Wildman–Crippen LogP) is 3.08. The molecule has 32 heavy (non-hydrogen) atoms. The maximum atomic E-state index is 12.4. The minimum Gasteiger partial charge on any atom is -0.804 e. The number of carboxylic acid groups (broad SMARTS) is 1. The number of phosphoric ester groups is 1. The summed E-state index contributed by atoms with van der Waals surface area (Å²) in [5.74, 6) is -0.410. The summed E-state index contributed by atoms with van der Waals surface area (Å²) in [6.07, 6.45) is 1.64. The molecule has 184 valence electrons. The number of nitrogens with zero attached hydrogens (tertiary/aromatic N) is 1. The number of unbranched alkanes of at least 4 members (excludes halogenated alkanes) is 5. The lowest BCUT2D eigenvalue weighted by molar-refractivity contribution is -0.973. The highest BCUT2D eigenvalue weighted by Crippen LogP contribution is 2.45. The summed E-state index contributed by atoms with van der Waals surface area (Å²) in [7, 11) is 0.168. The van der Waals surface area contributed by atoms with E-state index in [-0.39, 0.29) is 11.1 Å². The van der Waals surface area contributed by atoms with Crippen LogP contribution in [0.5, 0.6) is 5.75 Å². The van der Waals surface area contributed by atoms with E-state index < -0.39 is 32.5 Å². The lowest BCUT2D eigenvalue weighted by Gasteiger charge is -2.42. The number of carboxylic acids is 1. The Hall–Kier alpha value is -1.48. The number of phosphoric acid groups is 1. The van der Waals surface area contributed by atoms with E-state index in [4.69, 9.17) is 18.9 Å². The van der Waals surface area contributed by atoms with E-state index in [0.717, 1.165) is 37.9 Å². The van der Waals surface area contributed by atoms with Crippen molar-refractivity contribution in [3.8, 4) is 5.75 Å². The molecule has 1 aromatic rings. The third kappa shape index (κ3) is 12.5. The van der Waals surface area contributed by atoms with E-state index in [9.17, 15) is 19.4 Å². The maximum Gasteiger partial charge on any atom is 0.472 e. The zero-order valence-electron chi connectivity index (χ0n) is 19.6. The SMILES string of the molecule is Cc1ccc(OCCCCCCCCOP(=O)(O)O[C@H](CC(=O)O)C([O-])[N+](C)(C)C)cc1. The number of likely N-dealkylation sites (N-methyl/N-ethyl adjacent to an activating group) is 1. The number of carbonyl (C=O) groups is 1. The number of ether oxygens (including phenoxy) is 1. The molecule has 9 nitrogen and oxygen atoms in total. The van der Waals surface area contributed by atoms with Crippen molar-refractivity contribution in [1.82, 2.24) is 0 Å². The summed E-state index contributed by atoms with van der Waals surface area (Å²) in [4.78, 5) is 20.9. The molecule has 0 aliphatic rings. The van der Waals surface area contributed by atoms with Crippen molar-refractivity contribution in [3.05, 3.63) is 29.8 Å². The van der Waals surface area contributed by atoms with Crippen LogP contribution in [-0.4, -0.2) is 67.1 Å². The summed E-state index contributed by atoms with van der Waals surface area (Å²) < 4.78 is 27.5. The zero-order chi connectivity index (χ0) is 24.2. The second-order valence-electron chi connectivity index (χ2n) is 8.83. The maximum absolute atomic E-state index is 12.4. The molecule has 3 atom stereocenters. The van der Waals surface area contributed by atoms with Crippen molar-refractivity contribution in [2.75, 3.05) is 34.4 Å². The molecule has 1 aromatic carbocycles. The number of quaternary nitrogens is 1. The monoisotopic (exact) mass is 475 g/mol. The van der Waals surface area contributed by atoms with Gasteiger partial charge in [0.25, 0.3) is 0 Å². The van der Waals surface area contributed by atoms with Crippen LogP contribution in [0.4, 0.5) is 0 Å². The Morgan fingerprint density at radius 3 is 2.09 bits per heavy atom. The molecule has 0 fully saturated rings. The van der Waals surface area contributed by atoms with Crippen molar-refractivity contribution in [1.29, 1.82) is 0 Å². The van der Waals surface area contributed by atoms with Gasteiger partial charge in [-0.25, -0.2) is 4.57 Å². The van der Waals surface area contributed by atoms with Gasteiger partial charge in [-0.05, 0) is 31.9 Å². The van der Waals surface area contributed by atoms with E-state index >= 15 is 0 Å². The first-order valence-electron chi connectivity index (χ1n) is 10.9. The third-order valence-electron chi connectivity index (χ3n) is 4.81. The summed E-state index contributed by atoms with van der Waals surface area (Å²) in [5.41, 5.74) is 1.20. The smallest absolute Gasteiger partial charge is 0.472 e. The van der Waals surface area contributed by atoms with Gasteiger partial charge in [-0.1, -0.05) is 43.4 Å². The van der Waals surface area contributed by atoms with Crippen LogP contribution in [-0.2, 0) is 18.4 Å². The Morgan fingerprint density at radius 2 is 1.56 bits per heavy atom. The van der Waals surface area contributed by atoms with Crippen LogP contribution >= 0.6 is 7.82 Å². The van der Waals surface area contributed by atoms with Gasteiger partial charge in [-0.2, -0.15) is 0 Å². The van der Waals surface area contributed by atoms with E-state index in [0.29, 0.717) is 13.0 Å². The van der Waals surface area contributed by atoms with Crippen molar-refractivity contribution >= 4 is 13.8 Å². The fourth-order valence-electron chi connectivity index (χ4n) is 2.98. The molecular formula is C22H38NO8P. The summed E-state index contributed by atoms with van der Waals surface area (Å²) in [6, 6.07) is 7.95. The molecular weight excluding hydrogens is 437 g/mol. The van der Waals surface area contributed by atoms with Crippen LogP contribution in [0.15, 0.2) is 24.3 Å². The highest BCUT2D eigenvalue weighted by Gasteiger charge is 2.34. The highest BCUT2D eigenvalue weighted by molar-refractivity contribution is 7.47. The molecule has 0 amide bonds. The molecule has 0 aliphatic carbocycles. The van der Waals surface area contributed by atoms with Gasteiger partial charge < -0.3 is 24.3 Å². The van der Waals surface area contributed by atoms with Gasteiger partial charge in [0.1, 0.15) is 11.9 Å². The van der Waals surface area contributed by atoms with Gasteiger partial charge in [0.2, 0.25) is 0 Å². The number of aryl methyl sites for hydroxylation is 1. The van der Waals surface area contributed by atoms with Crippen molar-refractivity contribution in [2.24, 2.45) is 0 Å². The van der Waals surface area contributed by atoms with Crippen molar-refractivity contribution < 1.29 is 42.7 Å². The van der Waals surface area contributed by atoms with Gasteiger partial charge >= 0.3 is 13.8 Å². The molecule has 1 rings (SSSR count). The van der Waals surface area contributed by atoms with E-state index in [1.807, 2.05) is 31.2 Å². The van der Waals surface area contributed by atoms with E-state index in [2.05, 4.69) is 0 Å². The zero-order valence-corrected chi connectivity index (χ0v) is 20.5. The molecule has 0 saturated carbocycles. The molecule has 0 spiro atoms. The van der Waals surface area contributed by atoms with E-state index in [1.54, 1.807) is 21.1 Å². The number of hydrogen-bond donors (Lipinski definition) is 2. The normalized spacial score (nSPS) is 15.7. The number of benzene rings is 1. The van der Waals surface area contributed by atoms with Gasteiger partial charge in [-0.3, -0.25) is 13.8 Å². The topological polar surface area (TPSA) is 125 Å². The van der Waals surface area contributed by atoms with Crippen LogP contribution in [0.25, 0.3) is 0 Å². The first-order chi connectivity index (χ1) is 14.9. The average Bonchev–Trinajstić information content (AvgIpc) is 2.68. The van der Waals surface area contributed by atoms with Gasteiger partial charge in [0.15, 0.2) is 0 Å². The van der Waals surface area contributed by atoms with Crippen molar-refractivity contribution in [3.63, 3.8) is 0 Å². The fraction of sp³-hybridized carbons (Fsp3) is 0.682. The quantitative estimate of drug-likeness (QED) is 0.152. The molecule has 0 aromatic heterocycles. The van der Waals surface area contributed by atoms with Crippen LogP contribution < -0.4 is 9.84 Å². The number of aliphatic carboxylic acids is 1. The lowest BCUT2D eigenvalue weighted by atomic mass is 10.1. The summed E-state index contributed by atoms with van der Waals surface area (Å²) >= 11 is 0. The molecule has 2 unspecified atom stereocenters. The second-order valence-corrected chi connectivity index (χ2v) is 10.2. The van der Waals surface area contributed by atoms with Crippen LogP contribution in [0.1, 0.15) is 50.5 Å². The van der Waals surface area contributed by atoms with Crippen LogP contribution in [0.2, 0.25) is 0 Å². The number of rotatable bonds is 17. The Morgan fingerprint density at radius 1 is 1.03 bits per heavy atom. The minimum atomic E-state index is -4.52. The standard InChI is InChI=1S/C22H38NO8P/c1-18-11-13-19(14-12-18)29-15-9-7-5-6-8-10-16-30-32(27,28)31-20(17-21(24)25)22(26)23(2,3)4/h11-14,20,22H,5-10,15-17H2,1-4H3,(H,24,25)(H,27,28)/t20-,22?/m1/s1. The highest BCUT2D eigenvalue weighted by atomic mass is 31.2. The van der Waals surface area contributed by atoms with E-state index in [1.165, 1.54) is 5.56 Å². The number of hydrogen-bond acceptors (Lipinski definition) is 6. The molecule has 2 N–H and O–H groups in total. The largest absolute Gasteiger partial charge is 0.804 e. The molecule has 0 aliphatic heterocycles. The Bertz CT molecular complexity index is 720. The molecule has 0 radical (unpaired) electrons. The van der Waals surface area contributed by atoms with Gasteiger partial charge in [-0.15, -0.1) is 0 Å². The van der Waals surface area contributed by atoms with Crippen LogP contribution in [0.3, 0.4) is 0 Å². The van der Waals surface area contributed by atoms with Crippen molar-refractivity contribution in [2.45, 2.75) is 64.2 Å². The third-order valence-corrected chi connectivity index (χ3v) is 5.85. The molecule has 0 bridgehead atoms. The van der Waals surface area contributed by atoms with Gasteiger partial charge in [0.05, 0.1) is 40.8 Å². The second kappa shape index (κ2) is 13.9. The predicted molar refractivity (Wildman–Crippen MR) is 119 cm³/mol. The Kier molecular flexibility index (Phi) is 12.4. The molecule has 0 saturated heterocycles. The summed E-state index contributed by atoms with van der Waals surface area (Å²) in [5, 5.41) is 21.3. The minimum absolute atomic E-state index is 0.00198. The average molecular weight is 476 g/mol. The van der Waals surface area contributed by atoms with Gasteiger partial charge in [0, 0.05) is 6.23 Å². The molecule has 0 heterocycles.